The molecule has 0 unspecified atom stereocenters. The summed E-state index contributed by atoms with van der Waals surface area (Å²) in [5.41, 5.74) is 1.08. The average Bonchev–Trinajstić information content (AvgIpc) is 2.78. The molecule has 0 atom stereocenters. The van der Waals surface area contributed by atoms with Gasteiger partial charge in [-0.05, 0) is 48.4 Å². The van der Waals surface area contributed by atoms with Gasteiger partial charge in [0.1, 0.15) is 5.75 Å². The van der Waals surface area contributed by atoms with Crippen LogP contribution >= 0.6 is 0 Å². The number of benzene rings is 2. The standard InChI is InChI=1S/C22H26F2N2O6S/c1-3-26(4-2)33(29,30)19-12-5-16(6-13-19)7-14-21(28)31-15-20(27)25-17-8-10-18(11-9-17)32-22(23)24/h5-6,8-13,22H,3-4,7,14-15H2,1-2H3,(H,25,27). The highest BCUT2D eigenvalue weighted by atomic mass is 32.2. The predicted octanol–water partition coefficient (Wildman–Crippen LogP) is 3.43. The molecule has 0 bridgehead atoms. The maximum Gasteiger partial charge on any atom is 0.387 e. The van der Waals surface area contributed by atoms with Gasteiger partial charge in [-0.3, -0.25) is 9.59 Å². The summed E-state index contributed by atoms with van der Waals surface area (Å²) in [7, 11) is -3.54. The topological polar surface area (TPSA) is 102 Å². The fourth-order valence-corrected chi connectivity index (χ4v) is 4.38. The number of esters is 1. The highest BCUT2D eigenvalue weighted by Gasteiger charge is 2.21. The van der Waals surface area contributed by atoms with Gasteiger partial charge in [0.15, 0.2) is 6.61 Å². The molecule has 0 spiro atoms. The van der Waals surface area contributed by atoms with Gasteiger partial charge in [0.05, 0.1) is 4.90 Å². The van der Waals surface area contributed by atoms with E-state index in [1.807, 2.05) is 0 Å². The minimum atomic E-state index is -3.54. The van der Waals surface area contributed by atoms with Gasteiger partial charge in [0.2, 0.25) is 10.0 Å². The highest BCUT2D eigenvalue weighted by Crippen LogP contribution is 2.18. The summed E-state index contributed by atoms with van der Waals surface area (Å²) in [6, 6.07) is 11.6. The van der Waals surface area contributed by atoms with Crippen LogP contribution in [0.2, 0.25) is 0 Å². The van der Waals surface area contributed by atoms with E-state index in [2.05, 4.69) is 10.1 Å². The Kier molecular flexibility index (Phi) is 9.74. The number of nitrogens with one attached hydrogen (secondary N) is 1. The number of alkyl halides is 2. The molecule has 0 saturated heterocycles. The Morgan fingerprint density at radius 3 is 2.15 bits per heavy atom. The molecule has 2 aromatic carbocycles. The minimum absolute atomic E-state index is 0.00901. The fourth-order valence-electron chi connectivity index (χ4n) is 2.92. The molecule has 1 amide bonds. The first-order valence-electron chi connectivity index (χ1n) is 10.2. The zero-order valence-electron chi connectivity index (χ0n) is 18.3. The van der Waals surface area contributed by atoms with Crippen molar-refractivity contribution in [3.05, 3.63) is 54.1 Å². The Balaban J connectivity index is 1.78. The van der Waals surface area contributed by atoms with Crippen molar-refractivity contribution in [1.82, 2.24) is 4.31 Å². The van der Waals surface area contributed by atoms with Crippen LogP contribution in [-0.4, -0.2) is 50.9 Å². The van der Waals surface area contributed by atoms with Crippen LogP contribution in [0.1, 0.15) is 25.8 Å². The molecule has 11 heteroatoms. The van der Waals surface area contributed by atoms with Crippen LogP contribution in [0.3, 0.4) is 0 Å². The Morgan fingerprint density at radius 1 is 1.00 bits per heavy atom. The van der Waals surface area contributed by atoms with E-state index in [9.17, 15) is 26.8 Å². The number of amides is 1. The van der Waals surface area contributed by atoms with E-state index in [0.29, 0.717) is 25.2 Å². The third kappa shape index (κ3) is 8.10. The van der Waals surface area contributed by atoms with Crippen LogP contribution in [-0.2, 0) is 30.8 Å². The largest absolute Gasteiger partial charge is 0.456 e. The lowest BCUT2D eigenvalue weighted by Crippen LogP contribution is -2.30. The van der Waals surface area contributed by atoms with Gasteiger partial charge in [-0.25, -0.2) is 8.42 Å². The smallest absolute Gasteiger partial charge is 0.387 e. The molecule has 0 heterocycles. The predicted molar refractivity (Wildman–Crippen MR) is 118 cm³/mol. The molecule has 33 heavy (non-hydrogen) atoms. The molecule has 0 aromatic heterocycles. The Hall–Kier alpha value is -3.05. The summed E-state index contributed by atoms with van der Waals surface area (Å²) in [5.74, 6) is -1.23. The number of anilines is 1. The number of ether oxygens (including phenoxy) is 2. The lowest BCUT2D eigenvalue weighted by atomic mass is 10.1. The first-order chi connectivity index (χ1) is 15.6. The summed E-state index contributed by atoms with van der Waals surface area (Å²) < 4.78 is 59.7. The second-order valence-corrected chi connectivity index (χ2v) is 8.78. The third-order valence-electron chi connectivity index (χ3n) is 4.61. The van der Waals surface area contributed by atoms with E-state index >= 15 is 0 Å². The Bertz CT molecular complexity index is 1020. The van der Waals surface area contributed by atoms with Crippen LogP contribution in [0.5, 0.6) is 5.75 Å². The molecular weight excluding hydrogens is 458 g/mol. The molecule has 8 nitrogen and oxygen atoms in total. The van der Waals surface area contributed by atoms with Crippen molar-refractivity contribution in [3.63, 3.8) is 0 Å². The minimum Gasteiger partial charge on any atom is -0.456 e. The van der Waals surface area contributed by atoms with Gasteiger partial charge in [-0.1, -0.05) is 26.0 Å². The summed E-state index contributed by atoms with van der Waals surface area (Å²) in [6.07, 6.45) is 0.326. The maximum atomic E-state index is 12.5. The van der Waals surface area contributed by atoms with Gasteiger partial charge in [0, 0.05) is 25.2 Å². The molecule has 180 valence electrons. The first kappa shape index (κ1) is 26.2. The van der Waals surface area contributed by atoms with Gasteiger partial charge in [-0.2, -0.15) is 13.1 Å². The van der Waals surface area contributed by atoms with Crippen molar-refractivity contribution in [3.8, 4) is 5.75 Å². The van der Waals surface area contributed by atoms with Crippen LogP contribution in [0.4, 0.5) is 14.5 Å². The Labute approximate surface area is 191 Å². The normalized spacial score (nSPS) is 11.5. The van der Waals surface area contributed by atoms with Gasteiger partial charge >= 0.3 is 12.6 Å². The quantitative estimate of drug-likeness (QED) is 0.463. The Morgan fingerprint density at radius 2 is 1.61 bits per heavy atom. The number of hydrogen-bond acceptors (Lipinski definition) is 6. The number of carbonyl (C=O) groups excluding carboxylic acids is 2. The summed E-state index contributed by atoms with van der Waals surface area (Å²) >= 11 is 0. The molecular formula is C22H26F2N2O6S. The van der Waals surface area contributed by atoms with Crippen molar-refractivity contribution in [2.45, 2.75) is 38.2 Å². The molecule has 2 rings (SSSR count). The molecule has 0 fully saturated rings. The number of hydrogen-bond donors (Lipinski definition) is 1. The molecule has 2 aromatic rings. The molecule has 0 aliphatic heterocycles. The second-order valence-electron chi connectivity index (χ2n) is 6.85. The number of nitrogens with zero attached hydrogens (tertiary/aromatic N) is 1. The number of carbonyl (C=O) groups is 2. The van der Waals surface area contributed by atoms with Gasteiger partial charge < -0.3 is 14.8 Å². The number of halogens is 2. The number of aryl methyl sites for hydroxylation is 1. The van der Waals surface area contributed by atoms with E-state index in [1.54, 1.807) is 26.0 Å². The summed E-state index contributed by atoms with van der Waals surface area (Å²) in [4.78, 5) is 24.0. The monoisotopic (exact) mass is 484 g/mol. The maximum absolute atomic E-state index is 12.5. The van der Waals surface area contributed by atoms with Crippen LogP contribution < -0.4 is 10.1 Å². The molecule has 0 aliphatic carbocycles. The van der Waals surface area contributed by atoms with Crippen molar-refractivity contribution in [2.24, 2.45) is 0 Å². The first-order valence-corrected chi connectivity index (χ1v) is 11.7. The van der Waals surface area contributed by atoms with Gasteiger partial charge in [0.25, 0.3) is 5.91 Å². The van der Waals surface area contributed by atoms with E-state index in [0.717, 1.165) is 5.56 Å². The van der Waals surface area contributed by atoms with Crippen molar-refractivity contribution >= 4 is 27.6 Å². The van der Waals surface area contributed by atoms with E-state index in [4.69, 9.17) is 4.74 Å². The fraction of sp³-hybridized carbons (Fsp3) is 0.364. The zero-order chi connectivity index (χ0) is 24.4. The second kappa shape index (κ2) is 12.3. The third-order valence-corrected chi connectivity index (χ3v) is 6.68. The van der Waals surface area contributed by atoms with Crippen molar-refractivity contribution in [1.29, 1.82) is 0 Å². The molecule has 0 radical (unpaired) electrons. The van der Waals surface area contributed by atoms with Crippen LogP contribution in [0.15, 0.2) is 53.4 Å². The molecule has 0 aliphatic rings. The SMILES string of the molecule is CCN(CC)S(=O)(=O)c1ccc(CCC(=O)OCC(=O)Nc2ccc(OC(F)F)cc2)cc1. The lowest BCUT2D eigenvalue weighted by molar-refractivity contribution is -0.147. The number of rotatable bonds is 12. The van der Waals surface area contributed by atoms with Crippen molar-refractivity contribution in [2.75, 3.05) is 25.0 Å². The van der Waals surface area contributed by atoms with Crippen LogP contribution in [0.25, 0.3) is 0 Å². The summed E-state index contributed by atoms with van der Waals surface area (Å²) in [6.45, 7) is 0.834. The summed E-state index contributed by atoms with van der Waals surface area (Å²) in [5, 5.41) is 2.47. The van der Waals surface area contributed by atoms with E-state index in [-0.39, 0.29) is 17.1 Å². The van der Waals surface area contributed by atoms with Gasteiger partial charge in [-0.15, -0.1) is 0 Å². The van der Waals surface area contributed by atoms with E-state index < -0.39 is 35.1 Å². The van der Waals surface area contributed by atoms with Crippen LogP contribution in [0, 0.1) is 0 Å². The van der Waals surface area contributed by atoms with Crippen molar-refractivity contribution < 1.29 is 36.3 Å². The highest BCUT2D eigenvalue weighted by molar-refractivity contribution is 7.89. The number of sulfonamides is 1. The molecule has 0 saturated carbocycles. The molecule has 1 N–H and O–H groups in total. The lowest BCUT2D eigenvalue weighted by Gasteiger charge is -2.18. The zero-order valence-corrected chi connectivity index (χ0v) is 19.1. The average molecular weight is 485 g/mol. The van der Waals surface area contributed by atoms with E-state index in [1.165, 1.54) is 40.7 Å².